The van der Waals surface area contributed by atoms with Gasteiger partial charge in [0.15, 0.2) is 0 Å². The third-order valence-electron chi connectivity index (χ3n) is 2.90. The minimum atomic E-state index is -0.365. The summed E-state index contributed by atoms with van der Waals surface area (Å²) < 4.78 is 16.2. The molecule has 1 aromatic heterocycles. The van der Waals surface area contributed by atoms with E-state index in [0.29, 0.717) is 10.0 Å². The van der Waals surface area contributed by atoms with Gasteiger partial charge in [-0.25, -0.2) is 4.39 Å². The summed E-state index contributed by atoms with van der Waals surface area (Å²) in [7, 11) is 0. The molecule has 0 fully saturated rings. The second-order valence-electron chi connectivity index (χ2n) is 4.34. The average Bonchev–Trinajstić information content (AvgIpc) is 2.85. The molecule has 1 N–H and O–H groups in total. The van der Waals surface area contributed by atoms with Crippen LogP contribution in [-0.4, -0.2) is 6.54 Å². The van der Waals surface area contributed by atoms with Crippen LogP contribution in [0.1, 0.15) is 30.5 Å². The normalized spacial score (nSPS) is 12.7. The summed E-state index contributed by atoms with van der Waals surface area (Å²) in [6.45, 7) is 2.91. The maximum absolute atomic E-state index is 14.4. The van der Waals surface area contributed by atoms with Crippen molar-refractivity contribution < 1.29 is 4.39 Å². The molecule has 1 unspecified atom stereocenters. The molecule has 0 aliphatic heterocycles. The lowest BCUT2D eigenvalue weighted by Crippen LogP contribution is -2.23. The topological polar surface area (TPSA) is 12.0 Å². The summed E-state index contributed by atoms with van der Waals surface area (Å²) in [5.41, 5.74) is 1.66. The van der Waals surface area contributed by atoms with Crippen LogP contribution in [0.2, 0.25) is 5.02 Å². The van der Waals surface area contributed by atoms with Crippen LogP contribution in [0.5, 0.6) is 0 Å². The average molecular weight is 489 g/mol. The van der Waals surface area contributed by atoms with Crippen molar-refractivity contribution in [2.75, 3.05) is 6.54 Å². The van der Waals surface area contributed by atoms with Gasteiger partial charge in [0, 0.05) is 10.0 Å². The van der Waals surface area contributed by atoms with Gasteiger partial charge < -0.3 is 5.32 Å². The van der Waals surface area contributed by atoms with Crippen LogP contribution in [0.4, 0.5) is 4.39 Å². The number of benzene rings is 1. The summed E-state index contributed by atoms with van der Waals surface area (Å²) in [5, 5.41) is 5.59. The van der Waals surface area contributed by atoms with Gasteiger partial charge in [0.05, 0.1) is 13.9 Å². The summed E-state index contributed by atoms with van der Waals surface area (Å²) >= 11 is 13.2. The number of thiophene rings is 1. The molecule has 1 heterocycles. The van der Waals surface area contributed by atoms with E-state index in [2.05, 4.69) is 62.2 Å². The fourth-order valence-electron chi connectivity index (χ4n) is 1.93. The van der Waals surface area contributed by atoms with E-state index in [0.717, 1.165) is 18.5 Å². The molecular weight excluding hydrogens is 475 g/mol. The monoisotopic (exact) mass is 487 g/mol. The van der Waals surface area contributed by atoms with Crippen LogP contribution in [-0.2, 0) is 0 Å². The number of halogens is 4. The molecule has 0 bridgehead atoms. The molecule has 0 saturated heterocycles. The van der Waals surface area contributed by atoms with Crippen molar-refractivity contribution >= 4 is 61.5 Å². The molecule has 0 radical (unpaired) electrons. The van der Waals surface area contributed by atoms with Crippen LogP contribution >= 0.6 is 61.5 Å². The highest BCUT2D eigenvalue weighted by Crippen LogP contribution is 2.34. The second kappa shape index (κ2) is 7.54. The molecule has 0 saturated carbocycles. The maximum Gasteiger partial charge on any atom is 0.148 e. The van der Waals surface area contributed by atoms with Gasteiger partial charge in [0.25, 0.3) is 0 Å². The van der Waals surface area contributed by atoms with Crippen molar-refractivity contribution in [1.82, 2.24) is 5.32 Å². The number of hydrogen-bond donors (Lipinski definition) is 1. The lowest BCUT2D eigenvalue weighted by Gasteiger charge is -2.19. The minimum absolute atomic E-state index is 0.135. The van der Waals surface area contributed by atoms with Crippen LogP contribution in [0.25, 0.3) is 0 Å². The van der Waals surface area contributed by atoms with Gasteiger partial charge in [-0.15, -0.1) is 11.3 Å². The van der Waals surface area contributed by atoms with Crippen molar-refractivity contribution in [2.45, 2.75) is 19.4 Å². The van der Waals surface area contributed by atoms with Crippen LogP contribution in [0.15, 0.2) is 28.1 Å². The molecule has 1 nitrogen and oxygen atoms in total. The molecule has 1 atom stereocenters. The number of rotatable bonds is 5. The Labute approximate surface area is 149 Å². The molecule has 20 heavy (non-hydrogen) atoms. The highest BCUT2D eigenvalue weighted by Gasteiger charge is 2.21. The Morgan fingerprint density at radius 2 is 2.25 bits per heavy atom. The molecule has 108 valence electrons. The van der Waals surface area contributed by atoms with E-state index in [9.17, 15) is 4.39 Å². The Kier molecular flexibility index (Phi) is 6.28. The maximum atomic E-state index is 14.4. The van der Waals surface area contributed by atoms with Crippen molar-refractivity contribution in [3.05, 3.63) is 52.9 Å². The van der Waals surface area contributed by atoms with E-state index in [4.69, 9.17) is 11.6 Å². The van der Waals surface area contributed by atoms with Crippen LogP contribution < -0.4 is 5.32 Å². The highest BCUT2D eigenvalue weighted by atomic mass is 127. The first kappa shape index (κ1) is 16.7. The largest absolute Gasteiger partial charge is 0.306 e. The molecular formula is C14H13BrClFINS. The van der Waals surface area contributed by atoms with Crippen LogP contribution in [0, 0.1) is 8.70 Å². The van der Waals surface area contributed by atoms with E-state index in [-0.39, 0.29) is 16.9 Å². The smallest absolute Gasteiger partial charge is 0.148 e. The predicted octanol–water partition coefficient (Wildman–Crippen LogP) is 6.00. The van der Waals surface area contributed by atoms with Crippen LogP contribution in [0.3, 0.4) is 0 Å². The Balaban J connectivity index is 2.43. The Morgan fingerprint density at radius 3 is 2.85 bits per heavy atom. The van der Waals surface area contributed by atoms with Gasteiger partial charge in [-0.3, -0.25) is 0 Å². The SMILES string of the molecule is CCCNC(c1csc(I)c1)c1ccc(Br)c(Cl)c1F. The van der Waals surface area contributed by atoms with E-state index >= 15 is 0 Å². The van der Waals surface area contributed by atoms with E-state index in [1.165, 1.54) is 2.88 Å². The zero-order chi connectivity index (χ0) is 14.7. The molecule has 6 heteroatoms. The van der Waals surface area contributed by atoms with Gasteiger partial charge in [0.1, 0.15) is 5.82 Å². The summed E-state index contributed by atoms with van der Waals surface area (Å²) in [6, 6.07) is 5.48. The fourth-order valence-corrected chi connectivity index (χ4v) is 3.81. The first-order valence-corrected chi connectivity index (χ1v) is 9.28. The zero-order valence-corrected chi connectivity index (χ0v) is 16.0. The summed E-state index contributed by atoms with van der Waals surface area (Å²) in [5.74, 6) is -0.365. The summed E-state index contributed by atoms with van der Waals surface area (Å²) in [4.78, 5) is 0. The molecule has 2 rings (SSSR count). The van der Waals surface area contributed by atoms with Gasteiger partial charge in [-0.1, -0.05) is 24.6 Å². The van der Waals surface area contributed by atoms with Crippen molar-refractivity contribution in [3.8, 4) is 0 Å². The lowest BCUT2D eigenvalue weighted by molar-refractivity contribution is 0.547. The van der Waals surface area contributed by atoms with Crippen molar-refractivity contribution in [3.63, 3.8) is 0 Å². The van der Waals surface area contributed by atoms with E-state index < -0.39 is 0 Å². The second-order valence-corrected chi connectivity index (χ2v) is 8.37. The van der Waals surface area contributed by atoms with Gasteiger partial charge >= 0.3 is 0 Å². The van der Waals surface area contributed by atoms with Gasteiger partial charge in [0.2, 0.25) is 0 Å². The molecule has 0 amide bonds. The van der Waals surface area contributed by atoms with E-state index in [1.54, 1.807) is 23.5 Å². The predicted molar refractivity (Wildman–Crippen MR) is 96.3 cm³/mol. The third-order valence-corrected chi connectivity index (χ3v) is 5.96. The number of nitrogens with one attached hydrogen (secondary N) is 1. The lowest BCUT2D eigenvalue weighted by atomic mass is 10.0. The Bertz CT molecular complexity index is 605. The Hall–Kier alpha value is 0.310. The quantitative estimate of drug-likeness (QED) is 0.402. The molecule has 0 aliphatic carbocycles. The third kappa shape index (κ3) is 3.74. The molecule has 1 aromatic carbocycles. The first-order valence-electron chi connectivity index (χ1n) is 6.15. The number of hydrogen-bond acceptors (Lipinski definition) is 2. The highest BCUT2D eigenvalue weighted by molar-refractivity contribution is 14.1. The minimum Gasteiger partial charge on any atom is -0.306 e. The van der Waals surface area contributed by atoms with Crippen molar-refractivity contribution in [2.24, 2.45) is 0 Å². The summed E-state index contributed by atoms with van der Waals surface area (Å²) in [6.07, 6.45) is 0.990. The zero-order valence-electron chi connectivity index (χ0n) is 10.7. The van der Waals surface area contributed by atoms with E-state index in [1.807, 2.05) is 0 Å². The van der Waals surface area contributed by atoms with Gasteiger partial charge in [-0.2, -0.15) is 0 Å². The van der Waals surface area contributed by atoms with Gasteiger partial charge in [-0.05, 0) is 74.6 Å². The molecule has 2 aromatic rings. The molecule has 0 spiro atoms. The first-order chi connectivity index (χ1) is 9.54. The fraction of sp³-hybridized carbons (Fsp3) is 0.286. The van der Waals surface area contributed by atoms with Crippen molar-refractivity contribution in [1.29, 1.82) is 0 Å². The Morgan fingerprint density at radius 1 is 1.50 bits per heavy atom. The standard InChI is InChI=1S/C14H13BrClFINS/c1-2-5-19-14(8-6-11(18)20-7-8)9-3-4-10(15)12(16)13(9)17/h3-4,6-7,14,19H,2,5H2,1H3. The molecule has 0 aliphatic rings.